The van der Waals surface area contributed by atoms with Crippen LogP contribution in [0.25, 0.3) is 5.69 Å². The number of nitrogens with zero attached hydrogens (tertiary/aromatic N) is 2. The number of hydrogen-bond donors (Lipinski definition) is 2. The lowest BCUT2D eigenvalue weighted by Gasteiger charge is -2.24. The fraction of sp³-hybridized carbons (Fsp3) is 0.333. The highest BCUT2D eigenvalue weighted by molar-refractivity contribution is 5.77. The summed E-state index contributed by atoms with van der Waals surface area (Å²) in [5, 5.41) is 15.8. The zero-order chi connectivity index (χ0) is 15.7. The van der Waals surface area contributed by atoms with Gasteiger partial charge in [0.25, 0.3) is 0 Å². The average molecular weight is 307 g/mol. The van der Waals surface area contributed by atoms with Crippen molar-refractivity contribution in [2.45, 2.75) is 25.3 Å². The molecule has 2 aromatic rings. The minimum atomic E-state index is -0.666. The van der Waals surface area contributed by atoms with Gasteiger partial charge in [-0.15, -0.1) is 0 Å². The molecule has 5 nitrogen and oxygen atoms in total. The first-order valence-corrected chi connectivity index (χ1v) is 7.02. The molecule has 2 N–H and O–H groups in total. The predicted molar refractivity (Wildman–Crippen MR) is 74.4 cm³/mol. The third-order valence-corrected chi connectivity index (χ3v) is 3.75. The predicted octanol–water partition coefficient (Wildman–Crippen LogP) is 1.64. The van der Waals surface area contributed by atoms with Gasteiger partial charge < -0.3 is 10.4 Å². The molecule has 0 spiro atoms. The molecule has 3 rings (SSSR count). The molecule has 1 amide bonds. The molecule has 0 aliphatic heterocycles. The van der Waals surface area contributed by atoms with Crippen LogP contribution < -0.4 is 5.32 Å². The third-order valence-electron chi connectivity index (χ3n) is 3.75. The summed E-state index contributed by atoms with van der Waals surface area (Å²) in [6.45, 7) is -0.574. The lowest BCUT2D eigenvalue weighted by atomic mass is 9.93. The van der Waals surface area contributed by atoms with Crippen molar-refractivity contribution in [1.82, 2.24) is 15.1 Å². The molecule has 0 saturated carbocycles. The Morgan fingerprint density at radius 2 is 2.09 bits per heavy atom. The molecule has 0 fully saturated rings. The summed E-state index contributed by atoms with van der Waals surface area (Å²) in [5.74, 6) is -1.79. The van der Waals surface area contributed by atoms with Crippen molar-refractivity contribution >= 4 is 5.91 Å². The first-order valence-electron chi connectivity index (χ1n) is 7.02. The number of benzene rings is 1. The highest BCUT2D eigenvalue weighted by Gasteiger charge is 2.26. The van der Waals surface area contributed by atoms with E-state index < -0.39 is 24.1 Å². The van der Waals surface area contributed by atoms with Gasteiger partial charge in [-0.1, -0.05) is 0 Å². The van der Waals surface area contributed by atoms with Gasteiger partial charge in [0.15, 0.2) is 0 Å². The third kappa shape index (κ3) is 2.71. The van der Waals surface area contributed by atoms with Crippen LogP contribution in [0.2, 0.25) is 0 Å². The number of nitrogens with one attached hydrogen (secondary N) is 1. The van der Waals surface area contributed by atoms with Crippen molar-refractivity contribution in [3.8, 4) is 5.69 Å². The standard InChI is InChI=1S/C15H15F2N3O2/c16-9-4-10(17)6-11(5-9)20-14-3-1-2-13(12(14)7-18-20)19-15(22)8-21/h4-7,13,21H,1-3,8H2,(H,19,22)/t13-/m0/s1. The van der Waals surface area contributed by atoms with Crippen LogP contribution in [0.15, 0.2) is 24.4 Å². The second-order valence-electron chi connectivity index (χ2n) is 5.26. The van der Waals surface area contributed by atoms with Gasteiger partial charge in [-0.2, -0.15) is 5.10 Å². The molecule has 1 aliphatic carbocycles. The van der Waals surface area contributed by atoms with E-state index in [0.29, 0.717) is 12.1 Å². The maximum absolute atomic E-state index is 13.4. The largest absolute Gasteiger partial charge is 0.387 e. The maximum atomic E-state index is 13.4. The average Bonchev–Trinajstić information content (AvgIpc) is 2.91. The summed E-state index contributed by atoms with van der Waals surface area (Å²) in [7, 11) is 0. The molecule has 0 bridgehead atoms. The summed E-state index contributed by atoms with van der Waals surface area (Å²) in [5.41, 5.74) is 1.95. The van der Waals surface area contributed by atoms with E-state index in [1.807, 2.05) is 0 Å². The Bertz CT molecular complexity index is 695. The number of carbonyl (C=O) groups is 1. The number of aromatic nitrogens is 2. The van der Waals surface area contributed by atoms with E-state index in [1.165, 1.54) is 16.8 Å². The molecule has 0 saturated heterocycles. The Kier molecular flexibility index (Phi) is 3.89. The Hall–Kier alpha value is -2.28. The van der Waals surface area contributed by atoms with Gasteiger partial charge in [0.05, 0.1) is 17.9 Å². The van der Waals surface area contributed by atoms with Gasteiger partial charge in [-0.05, 0) is 31.4 Å². The monoisotopic (exact) mass is 307 g/mol. The van der Waals surface area contributed by atoms with Crippen molar-refractivity contribution in [3.63, 3.8) is 0 Å². The van der Waals surface area contributed by atoms with Crippen molar-refractivity contribution in [1.29, 1.82) is 0 Å². The molecule has 116 valence electrons. The van der Waals surface area contributed by atoms with E-state index in [9.17, 15) is 13.6 Å². The van der Waals surface area contributed by atoms with Crippen molar-refractivity contribution < 1.29 is 18.7 Å². The second-order valence-corrected chi connectivity index (χ2v) is 5.26. The van der Waals surface area contributed by atoms with Gasteiger partial charge in [0.1, 0.15) is 18.2 Å². The topological polar surface area (TPSA) is 67.2 Å². The molecule has 0 radical (unpaired) electrons. The number of halogens is 2. The smallest absolute Gasteiger partial charge is 0.246 e. The van der Waals surface area contributed by atoms with E-state index in [1.54, 1.807) is 6.20 Å². The zero-order valence-corrected chi connectivity index (χ0v) is 11.7. The van der Waals surface area contributed by atoms with Gasteiger partial charge >= 0.3 is 0 Å². The van der Waals surface area contributed by atoms with E-state index in [-0.39, 0.29) is 6.04 Å². The van der Waals surface area contributed by atoms with Gasteiger partial charge in [-0.25, -0.2) is 13.5 Å². The Labute approximate surface area is 125 Å². The number of aliphatic hydroxyl groups is 1. The molecule has 0 unspecified atom stereocenters. The maximum Gasteiger partial charge on any atom is 0.246 e. The van der Waals surface area contributed by atoms with E-state index in [2.05, 4.69) is 10.4 Å². The van der Waals surface area contributed by atoms with Gasteiger partial charge in [0.2, 0.25) is 5.91 Å². The van der Waals surface area contributed by atoms with Gasteiger partial charge in [0, 0.05) is 17.3 Å². The van der Waals surface area contributed by atoms with Crippen molar-refractivity contribution in [2.24, 2.45) is 0 Å². The Balaban J connectivity index is 1.98. The minimum absolute atomic E-state index is 0.240. The molecule has 1 heterocycles. The summed E-state index contributed by atoms with van der Waals surface area (Å²) in [4.78, 5) is 11.4. The van der Waals surface area contributed by atoms with Crippen molar-refractivity contribution in [3.05, 3.63) is 47.3 Å². The fourth-order valence-electron chi connectivity index (χ4n) is 2.83. The molecule has 22 heavy (non-hydrogen) atoms. The highest BCUT2D eigenvalue weighted by Crippen LogP contribution is 2.31. The first kappa shape index (κ1) is 14.6. The summed E-state index contributed by atoms with van der Waals surface area (Å²) >= 11 is 0. The van der Waals surface area contributed by atoms with Crippen LogP contribution in [0.3, 0.4) is 0 Å². The molecule has 7 heteroatoms. The number of aliphatic hydroxyl groups excluding tert-OH is 1. The lowest BCUT2D eigenvalue weighted by Crippen LogP contribution is -2.32. The number of fused-ring (bicyclic) bond motifs is 1. The first-order chi connectivity index (χ1) is 10.6. The van der Waals surface area contributed by atoms with E-state index in [4.69, 9.17) is 5.11 Å². The molecular formula is C15H15F2N3O2. The fourth-order valence-corrected chi connectivity index (χ4v) is 2.83. The van der Waals surface area contributed by atoms with Crippen molar-refractivity contribution in [2.75, 3.05) is 6.61 Å². The van der Waals surface area contributed by atoms with Crippen LogP contribution >= 0.6 is 0 Å². The van der Waals surface area contributed by atoms with Crippen LogP contribution in [-0.2, 0) is 11.2 Å². The number of hydrogen-bond acceptors (Lipinski definition) is 3. The number of amides is 1. The summed E-state index contributed by atoms with van der Waals surface area (Å²) in [6.07, 6.45) is 3.85. The van der Waals surface area contributed by atoms with Gasteiger partial charge in [-0.3, -0.25) is 4.79 Å². The molecule has 1 aromatic carbocycles. The molecule has 1 atom stereocenters. The minimum Gasteiger partial charge on any atom is -0.387 e. The summed E-state index contributed by atoms with van der Waals surface area (Å²) < 4.78 is 28.3. The SMILES string of the molecule is O=C(CO)N[C@H]1CCCc2c1cnn2-c1cc(F)cc(F)c1. The Morgan fingerprint density at radius 1 is 1.36 bits per heavy atom. The van der Waals surface area contributed by atoms with Crippen LogP contribution in [0, 0.1) is 11.6 Å². The zero-order valence-electron chi connectivity index (χ0n) is 11.7. The summed E-state index contributed by atoms with van der Waals surface area (Å²) in [6, 6.07) is 3.00. The molecule has 1 aromatic heterocycles. The second kappa shape index (κ2) is 5.84. The number of carbonyl (C=O) groups excluding carboxylic acids is 1. The van der Waals surface area contributed by atoms with Crippen LogP contribution in [0.1, 0.15) is 30.1 Å². The molecule has 1 aliphatic rings. The molecular weight excluding hydrogens is 292 g/mol. The van der Waals surface area contributed by atoms with Crippen LogP contribution in [-0.4, -0.2) is 27.4 Å². The Morgan fingerprint density at radius 3 is 2.77 bits per heavy atom. The number of rotatable bonds is 3. The van der Waals surface area contributed by atoms with E-state index in [0.717, 1.165) is 30.2 Å². The quantitative estimate of drug-likeness (QED) is 0.906. The van der Waals surface area contributed by atoms with Crippen LogP contribution in [0.5, 0.6) is 0 Å². The normalized spacial score (nSPS) is 17.1. The van der Waals surface area contributed by atoms with Crippen LogP contribution in [0.4, 0.5) is 8.78 Å². The van der Waals surface area contributed by atoms with E-state index >= 15 is 0 Å². The lowest BCUT2D eigenvalue weighted by molar-refractivity contribution is -0.124. The highest BCUT2D eigenvalue weighted by atomic mass is 19.1.